The first kappa shape index (κ1) is 38.4. The molecule has 5 nitrogen and oxygen atoms in total. The normalized spacial score (nSPS) is 12.4. The van der Waals surface area contributed by atoms with E-state index in [0.717, 1.165) is 51.4 Å². The van der Waals surface area contributed by atoms with Gasteiger partial charge < -0.3 is 14.6 Å². The number of ether oxygens (including phenoxy) is 2. The van der Waals surface area contributed by atoms with Gasteiger partial charge in [0.1, 0.15) is 6.61 Å². The van der Waals surface area contributed by atoms with Gasteiger partial charge in [0.05, 0.1) is 6.61 Å². The number of unbranched alkanes of at least 4 members (excludes halogenated alkanes) is 18. The summed E-state index contributed by atoms with van der Waals surface area (Å²) in [6.07, 6.45) is 35.1. The number of carbonyl (C=O) groups is 2. The second-order valence-corrected chi connectivity index (χ2v) is 11.2. The Kier molecular flexibility index (Phi) is 30.6. The molecule has 0 aliphatic rings. The lowest BCUT2D eigenvalue weighted by atomic mass is 10.1. The highest BCUT2D eigenvalue weighted by Gasteiger charge is 2.16. The molecule has 0 saturated heterocycles. The predicted molar refractivity (Wildman–Crippen MR) is 168 cm³/mol. The smallest absolute Gasteiger partial charge is 0.306 e. The molecule has 0 amide bonds. The number of esters is 2. The molecule has 0 fully saturated rings. The molecule has 0 heterocycles. The molecule has 234 valence electrons. The fraction of sp³-hybridized carbons (Fsp3) is 0.829. The molecule has 5 heteroatoms. The first-order valence-electron chi connectivity index (χ1n) is 16.9. The average molecular weight is 565 g/mol. The van der Waals surface area contributed by atoms with Gasteiger partial charge >= 0.3 is 11.9 Å². The van der Waals surface area contributed by atoms with Gasteiger partial charge in [-0.15, -0.1) is 0 Å². The third kappa shape index (κ3) is 29.4. The van der Waals surface area contributed by atoms with Crippen LogP contribution in [0.25, 0.3) is 0 Å². The van der Waals surface area contributed by atoms with Crippen molar-refractivity contribution >= 4 is 11.9 Å². The summed E-state index contributed by atoms with van der Waals surface area (Å²) in [5, 5.41) is 9.49. The Labute approximate surface area is 247 Å². The van der Waals surface area contributed by atoms with Crippen LogP contribution in [0.1, 0.15) is 168 Å². The van der Waals surface area contributed by atoms with E-state index in [2.05, 4.69) is 38.2 Å². The zero-order valence-electron chi connectivity index (χ0n) is 26.4. The highest BCUT2D eigenvalue weighted by atomic mass is 16.6. The van der Waals surface area contributed by atoms with E-state index in [4.69, 9.17) is 9.47 Å². The quantitative estimate of drug-likeness (QED) is 0.0534. The van der Waals surface area contributed by atoms with Crippen LogP contribution in [0.15, 0.2) is 24.3 Å². The van der Waals surface area contributed by atoms with E-state index in [1.807, 2.05) is 0 Å². The molecule has 0 aliphatic heterocycles. The molecule has 0 bridgehead atoms. The maximum absolute atomic E-state index is 12.1. The van der Waals surface area contributed by atoms with Gasteiger partial charge in [-0.1, -0.05) is 122 Å². The minimum absolute atomic E-state index is 0.0715. The summed E-state index contributed by atoms with van der Waals surface area (Å²) in [5.41, 5.74) is 0. The second kappa shape index (κ2) is 31.9. The van der Waals surface area contributed by atoms with Gasteiger partial charge in [-0.05, 0) is 57.8 Å². The minimum atomic E-state index is -0.773. The summed E-state index contributed by atoms with van der Waals surface area (Å²) >= 11 is 0. The van der Waals surface area contributed by atoms with E-state index in [0.29, 0.717) is 12.8 Å². The minimum Gasteiger partial charge on any atom is -0.462 e. The highest BCUT2D eigenvalue weighted by molar-refractivity contribution is 5.70. The molecule has 0 radical (unpaired) electrons. The Bertz CT molecular complexity index is 613. The van der Waals surface area contributed by atoms with Crippen molar-refractivity contribution in [1.29, 1.82) is 0 Å². The predicted octanol–water partition coefficient (Wildman–Crippen LogP) is 9.95. The molecular formula is C35H64O5. The van der Waals surface area contributed by atoms with Crippen molar-refractivity contribution in [1.82, 2.24) is 0 Å². The summed E-state index contributed by atoms with van der Waals surface area (Å²) < 4.78 is 10.5. The molecular weight excluding hydrogens is 500 g/mol. The largest absolute Gasteiger partial charge is 0.462 e. The summed E-state index contributed by atoms with van der Waals surface area (Å²) in [7, 11) is 0. The van der Waals surface area contributed by atoms with Crippen molar-refractivity contribution in [3.63, 3.8) is 0 Å². The van der Waals surface area contributed by atoms with Crippen LogP contribution in [0.3, 0.4) is 0 Å². The fourth-order valence-corrected chi connectivity index (χ4v) is 4.59. The van der Waals surface area contributed by atoms with Crippen LogP contribution in [-0.4, -0.2) is 36.4 Å². The number of aliphatic hydroxyl groups excluding tert-OH is 1. The standard InChI is InChI=1S/C35H64O5/c1-3-5-7-9-11-13-15-16-17-18-20-21-23-25-27-29-34(37)39-32-33(31-36)40-35(38)30-28-26-24-22-19-14-12-10-8-6-4-2/h10,12,16-17,33,36H,3-9,11,13-15,18-32H2,1-2H3/t33-/m0/s1. The van der Waals surface area contributed by atoms with Crippen molar-refractivity contribution < 1.29 is 24.2 Å². The zero-order chi connectivity index (χ0) is 29.4. The average Bonchev–Trinajstić information content (AvgIpc) is 2.96. The van der Waals surface area contributed by atoms with Gasteiger partial charge in [0.15, 0.2) is 6.10 Å². The SMILES string of the molecule is CCCCC=CCCCCCCCC(=O)O[C@@H](CO)COC(=O)CCCCCCCC=CCCCCCCCC. The number of allylic oxidation sites excluding steroid dienone is 4. The zero-order valence-corrected chi connectivity index (χ0v) is 26.4. The lowest BCUT2D eigenvalue weighted by Crippen LogP contribution is -2.28. The highest BCUT2D eigenvalue weighted by Crippen LogP contribution is 2.12. The lowest BCUT2D eigenvalue weighted by molar-refractivity contribution is -0.161. The van der Waals surface area contributed by atoms with Crippen LogP contribution in [-0.2, 0) is 19.1 Å². The molecule has 40 heavy (non-hydrogen) atoms. The lowest BCUT2D eigenvalue weighted by Gasteiger charge is -2.15. The topological polar surface area (TPSA) is 72.8 Å². The summed E-state index contributed by atoms with van der Waals surface area (Å²) in [6, 6.07) is 0. The third-order valence-electron chi connectivity index (χ3n) is 7.22. The summed E-state index contributed by atoms with van der Waals surface area (Å²) in [6.45, 7) is 4.06. The van der Waals surface area contributed by atoms with Crippen LogP contribution in [0, 0.1) is 0 Å². The Balaban J connectivity index is 3.59. The van der Waals surface area contributed by atoms with Gasteiger partial charge in [0.25, 0.3) is 0 Å². The third-order valence-corrected chi connectivity index (χ3v) is 7.22. The second-order valence-electron chi connectivity index (χ2n) is 11.2. The van der Waals surface area contributed by atoms with Gasteiger partial charge in [-0.3, -0.25) is 9.59 Å². The molecule has 0 unspecified atom stereocenters. The first-order valence-corrected chi connectivity index (χ1v) is 16.9. The van der Waals surface area contributed by atoms with E-state index < -0.39 is 6.10 Å². The molecule has 1 N–H and O–H groups in total. The molecule has 0 spiro atoms. The maximum atomic E-state index is 12.1. The number of aliphatic hydroxyl groups is 1. The molecule has 0 aliphatic carbocycles. The van der Waals surface area contributed by atoms with E-state index in [1.54, 1.807) is 0 Å². The monoisotopic (exact) mass is 564 g/mol. The van der Waals surface area contributed by atoms with Crippen molar-refractivity contribution in [3.8, 4) is 0 Å². The van der Waals surface area contributed by atoms with Crippen LogP contribution < -0.4 is 0 Å². The van der Waals surface area contributed by atoms with Gasteiger partial charge in [0, 0.05) is 12.8 Å². The van der Waals surface area contributed by atoms with E-state index in [1.165, 1.54) is 89.9 Å². The number of rotatable bonds is 30. The van der Waals surface area contributed by atoms with Crippen molar-refractivity contribution in [3.05, 3.63) is 24.3 Å². The molecule has 0 aromatic heterocycles. The Hall–Kier alpha value is -1.62. The van der Waals surface area contributed by atoms with E-state index in [-0.39, 0.29) is 25.2 Å². The van der Waals surface area contributed by atoms with Gasteiger partial charge in [-0.25, -0.2) is 0 Å². The van der Waals surface area contributed by atoms with Crippen LogP contribution >= 0.6 is 0 Å². The molecule has 0 aromatic carbocycles. The molecule has 0 saturated carbocycles. The Morgan fingerprint density at radius 3 is 1.43 bits per heavy atom. The Morgan fingerprint density at radius 1 is 0.550 bits per heavy atom. The van der Waals surface area contributed by atoms with Gasteiger partial charge in [0.2, 0.25) is 0 Å². The van der Waals surface area contributed by atoms with Crippen LogP contribution in [0.5, 0.6) is 0 Å². The summed E-state index contributed by atoms with van der Waals surface area (Å²) in [5.74, 6) is -0.612. The van der Waals surface area contributed by atoms with Crippen LogP contribution in [0.2, 0.25) is 0 Å². The van der Waals surface area contributed by atoms with Crippen molar-refractivity contribution in [2.75, 3.05) is 13.2 Å². The molecule has 0 aromatic rings. The maximum Gasteiger partial charge on any atom is 0.306 e. The number of hydrogen-bond donors (Lipinski definition) is 1. The summed E-state index contributed by atoms with van der Waals surface area (Å²) in [4.78, 5) is 24.1. The number of carbonyl (C=O) groups excluding carboxylic acids is 2. The Morgan fingerprint density at radius 2 is 0.950 bits per heavy atom. The van der Waals surface area contributed by atoms with E-state index in [9.17, 15) is 14.7 Å². The van der Waals surface area contributed by atoms with Crippen molar-refractivity contribution in [2.45, 2.75) is 174 Å². The fourth-order valence-electron chi connectivity index (χ4n) is 4.59. The van der Waals surface area contributed by atoms with E-state index >= 15 is 0 Å². The first-order chi connectivity index (χ1) is 19.6. The molecule has 1 atom stereocenters. The number of hydrogen-bond acceptors (Lipinski definition) is 5. The van der Waals surface area contributed by atoms with Gasteiger partial charge in [-0.2, -0.15) is 0 Å². The van der Waals surface area contributed by atoms with Crippen molar-refractivity contribution in [2.24, 2.45) is 0 Å². The van der Waals surface area contributed by atoms with Crippen LogP contribution in [0.4, 0.5) is 0 Å². The molecule has 0 rings (SSSR count).